The molecule has 0 N–H and O–H groups in total. The molecule has 1 heterocycles. The third-order valence-corrected chi connectivity index (χ3v) is 6.67. The molecule has 8 heteroatoms. The van der Waals surface area contributed by atoms with Gasteiger partial charge in [0.2, 0.25) is 0 Å². The van der Waals surface area contributed by atoms with E-state index in [1.165, 1.54) is 0 Å². The zero-order valence-electron chi connectivity index (χ0n) is 11.5. The molecule has 116 valence electrons. The molecule has 3 aliphatic rings. The Morgan fingerprint density at radius 2 is 2.14 bits per heavy atom. The van der Waals surface area contributed by atoms with Gasteiger partial charge >= 0.3 is 11.9 Å². The fourth-order valence-corrected chi connectivity index (χ4v) is 6.14. The van der Waals surface area contributed by atoms with Crippen molar-refractivity contribution in [2.45, 2.75) is 36.7 Å². The molecular weight excluding hydrogens is 300 g/mol. The molecule has 0 aromatic rings. The maximum absolute atomic E-state index is 12.1. The summed E-state index contributed by atoms with van der Waals surface area (Å²) in [5, 5.41) is -0.826. The minimum absolute atomic E-state index is 0.0474. The molecule has 0 spiro atoms. The molecular formula is C13H16O7S. The van der Waals surface area contributed by atoms with Gasteiger partial charge in [-0.1, -0.05) is 6.58 Å². The first-order valence-corrected chi connectivity index (χ1v) is 8.18. The van der Waals surface area contributed by atoms with Crippen molar-refractivity contribution in [1.29, 1.82) is 0 Å². The van der Waals surface area contributed by atoms with Gasteiger partial charge in [-0.25, -0.2) is 9.59 Å². The molecule has 2 aliphatic carbocycles. The SMILES string of the molecule is C=CC(=O)OCC(=O)OC1(C)C2CC3OS(=O)(=O)C1C3C2. The number of rotatable bonds is 4. The lowest BCUT2D eigenvalue weighted by molar-refractivity contribution is -0.171. The van der Waals surface area contributed by atoms with Crippen LogP contribution in [0.5, 0.6) is 0 Å². The number of ether oxygens (including phenoxy) is 2. The Hall–Kier alpha value is -1.41. The summed E-state index contributed by atoms with van der Waals surface area (Å²) >= 11 is 0. The van der Waals surface area contributed by atoms with Crippen molar-refractivity contribution in [3.63, 3.8) is 0 Å². The summed E-state index contributed by atoms with van der Waals surface area (Å²) in [5.74, 6) is -1.66. The van der Waals surface area contributed by atoms with E-state index in [2.05, 4.69) is 11.3 Å². The molecule has 5 unspecified atom stereocenters. The number of carbonyl (C=O) groups excluding carboxylic acids is 2. The largest absolute Gasteiger partial charge is 0.455 e. The van der Waals surface area contributed by atoms with Crippen LogP contribution in [0.25, 0.3) is 0 Å². The van der Waals surface area contributed by atoms with Crippen LogP contribution in [0.1, 0.15) is 19.8 Å². The highest BCUT2D eigenvalue weighted by Gasteiger charge is 2.71. The molecule has 21 heavy (non-hydrogen) atoms. The minimum Gasteiger partial charge on any atom is -0.455 e. The summed E-state index contributed by atoms with van der Waals surface area (Å²) in [6.07, 6.45) is 1.89. The smallest absolute Gasteiger partial charge is 0.344 e. The Labute approximate surface area is 122 Å². The highest BCUT2D eigenvalue weighted by molar-refractivity contribution is 7.87. The lowest BCUT2D eigenvalue weighted by Gasteiger charge is -2.35. The third-order valence-electron chi connectivity index (χ3n) is 4.72. The Morgan fingerprint density at radius 3 is 2.81 bits per heavy atom. The summed E-state index contributed by atoms with van der Waals surface area (Å²) in [5.41, 5.74) is -1.12. The van der Waals surface area contributed by atoms with Gasteiger partial charge < -0.3 is 9.47 Å². The maximum atomic E-state index is 12.1. The average Bonchev–Trinajstić information content (AvgIpc) is 2.95. The zero-order chi connectivity index (χ0) is 15.4. The van der Waals surface area contributed by atoms with Crippen LogP contribution in [0, 0.1) is 11.8 Å². The second-order valence-corrected chi connectivity index (χ2v) is 7.54. The van der Waals surface area contributed by atoms with Crippen molar-refractivity contribution >= 4 is 22.1 Å². The first-order chi connectivity index (χ1) is 9.78. The number of hydrogen-bond acceptors (Lipinski definition) is 7. The summed E-state index contributed by atoms with van der Waals surface area (Å²) in [6, 6.07) is 0. The first kappa shape index (κ1) is 14.5. The minimum atomic E-state index is -3.72. The van der Waals surface area contributed by atoms with Crippen LogP contribution in [0.2, 0.25) is 0 Å². The van der Waals surface area contributed by atoms with Crippen LogP contribution in [-0.4, -0.2) is 43.9 Å². The van der Waals surface area contributed by atoms with E-state index in [9.17, 15) is 18.0 Å². The normalized spacial score (nSPS) is 41.8. The molecule has 0 amide bonds. The Kier molecular flexibility index (Phi) is 3.14. The molecule has 2 saturated carbocycles. The van der Waals surface area contributed by atoms with E-state index in [1.807, 2.05) is 0 Å². The summed E-state index contributed by atoms with van der Waals surface area (Å²) in [6.45, 7) is 4.28. The van der Waals surface area contributed by atoms with Crippen LogP contribution < -0.4 is 0 Å². The number of carbonyl (C=O) groups is 2. The molecule has 0 radical (unpaired) electrons. The molecule has 3 fully saturated rings. The second kappa shape index (κ2) is 4.54. The van der Waals surface area contributed by atoms with E-state index in [0.29, 0.717) is 12.8 Å². The van der Waals surface area contributed by atoms with Gasteiger partial charge in [-0.05, 0) is 19.8 Å². The van der Waals surface area contributed by atoms with Gasteiger partial charge in [0.1, 0.15) is 10.9 Å². The molecule has 1 aliphatic heterocycles. The maximum Gasteiger partial charge on any atom is 0.344 e. The van der Waals surface area contributed by atoms with E-state index in [0.717, 1.165) is 6.08 Å². The van der Waals surface area contributed by atoms with E-state index >= 15 is 0 Å². The fourth-order valence-electron chi connectivity index (χ4n) is 3.92. The molecule has 0 aromatic heterocycles. The van der Waals surface area contributed by atoms with Crippen LogP contribution >= 0.6 is 0 Å². The topological polar surface area (TPSA) is 96.0 Å². The van der Waals surface area contributed by atoms with Gasteiger partial charge in [0, 0.05) is 17.9 Å². The van der Waals surface area contributed by atoms with Gasteiger partial charge in [-0.2, -0.15) is 8.42 Å². The molecule has 5 atom stereocenters. The molecule has 2 bridgehead atoms. The monoisotopic (exact) mass is 316 g/mol. The highest BCUT2D eigenvalue weighted by Crippen LogP contribution is 2.60. The molecule has 3 rings (SSSR count). The van der Waals surface area contributed by atoms with Crippen molar-refractivity contribution in [3.05, 3.63) is 12.7 Å². The van der Waals surface area contributed by atoms with Gasteiger partial charge in [0.25, 0.3) is 10.1 Å². The van der Waals surface area contributed by atoms with E-state index in [1.54, 1.807) is 6.92 Å². The second-order valence-electron chi connectivity index (χ2n) is 5.85. The van der Waals surface area contributed by atoms with Crippen molar-refractivity contribution < 1.29 is 31.7 Å². The average molecular weight is 316 g/mol. The summed E-state index contributed by atoms with van der Waals surface area (Å²) in [4.78, 5) is 22.7. The molecule has 1 saturated heterocycles. The Morgan fingerprint density at radius 1 is 1.43 bits per heavy atom. The van der Waals surface area contributed by atoms with E-state index < -0.39 is 39.5 Å². The third kappa shape index (κ3) is 2.08. The Balaban J connectivity index is 1.74. The van der Waals surface area contributed by atoms with Gasteiger partial charge in [-0.15, -0.1) is 0 Å². The van der Waals surface area contributed by atoms with Gasteiger partial charge in [-0.3, -0.25) is 4.18 Å². The predicted molar refractivity (Wildman–Crippen MR) is 69.4 cm³/mol. The van der Waals surface area contributed by atoms with Crippen LogP contribution in [0.3, 0.4) is 0 Å². The lowest BCUT2D eigenvalue weighted by Crippen LogP contribution is -2.50. The number of fused-ring (bicyclic) bond motifs is 1. The fraction of sp³-hybridized carbons (Fsp3) is 0.692. The van der Waals surface area contributed by atoms with Crippen molar-refractivity contribution in [1.82, 2.24) is 0 Å². The lowest BCUT2D eigenvalue weighted by atomic mass is 9.84. The van der Waals surface area contributed by atoms with Crippen LogP contribution in [0.4, 0.5) is 0 Å². The van der Waals surface area contributed by atoms with Crippen molar-refractivity contribution in [2.75, 3.05) is 6.61 Å². The van der Waals surface area contributed by atoms with E-state index in [4.69, 9.17) is 8.92 Å². The quantitative estimate of drug-likeness (QED) is 0.414. The van der Waals surface area contributed by atoms with Gasteiger partial charge in [0.05, 0.1) is 6.10 Å². The highest BCUT2D eigenvalue weighted by atomic mass is 32.2. The Bertz CT molecular complexity index is 608. The van der Waals surface area contributed by atoms with Crippen molar-refractivity contribution in [2.24, 2.45) is 11.8 Å². The standard InChI is InChI=1S/C13H16O7S/c1-3-10(14)18-6-11(15)19-13(2)7-4-8-9(5-7)20-21(16,17)12(8)13/h3,7-9,12H,1,4-6H2,2H3. The van der Waals surface area contributed by atoms with E-state index in [-0.39, 0.29) is 17.9 Å². The zero-order valence-corrected chi connectivity index (χ0v) is 12.3. The predicted octanol–water partition coefficient (Wildman–Crippen LogP) is 0.155. The molecule has 7 nitrogen and oxygen atoms in total. The first-order valence-electron chi connectivity index (χ1n) is 6.71. The molecule has 0 aromatic carbocycles. The summed E-state index contributed by atoms with van der Waals surface area (Å²) in [7, 11) is -3.72. The van der Waals surface area contributed by atoms with Crippen molar-refractivity contribution in [3.8, 4) is 0 Å². The van der Waals surface area contributed by atoms with Crippen LogP contribution in [0.15, 0.2) is 12.7 Å². The summed E-state index contributed by atoms with van der Waals surface area (Å²) < 4.78 is 39.2. The number of esters is 2. The van der Waals surface area contributed by atoms with Gasteiger partial charge in [0.15, 0.2) is 6.61 Å². The van der Waals surface area contributed by atoms with Crippen LogP contribution in [-0.2, 0) is 33.4 Å². The number of hydrogen-bond donors (Lipinski definition) is 0.